The summed E-state index contributed by atoms with van der Waals surface area (Å²) in [7, 11) is 0. The highest BCUT2D eigenvalue weighted by molar-refractivity contribution is 6.31. The molecule has 13 heteroatoms. The SMILES string of the molecule is N#CCn1c(N2CC(C(F)(F)F)C2)c(-c2ccc(F)c(Cl)c2)c(=O)n(-c2cncc(F)c2)c1=O. The zero-order valence-electron chi connectivity index (χ0n) is 17.0. The third-order valence-corrected chi connectivity index (χ3v) is 5.64. The van der Waals surface area contributed by atoms with Crippen LogP contribution in [0.5, 0.6) is 0 Å². The van der Waals surface area contributed by atoms with Crippen molar-refractivity contribution in [3.8, 4) is 22.9 Å². The van der Waals surface area contributed by atoms with Crippen molar-refractivity contribution in [3.63, 3.8) is 0 Å². The Morgan fingerprint density at radius 2 is 1.85 bits per heavy atom. The van der Waals surface area contributed by atoms with Crippen LogP contribution in [-0.2, 0) is 6.54 Å². The molecule has 176 valence electrons. The number of nitrogens with zero attached hydrogens (tertiary/aromatic N) is 5. The molecule has 1 saturated heterocycles. The Bertz CT molecular complexity index is 1440. The summed E-state index contributed by atoms with van der Waals surface area (Å²) in [6.45, 7) is -1.77. The average Bonchev–Trinajstić information content (AvgIpc) is 2.71. The molecule has 7 nitrogen and oxygen atoms in total. The molecule has 3 heterocycles. The Hall–Kier alpha value is -3.72. The number of benzene rings is 1. The van der Waals surface area contributed by atoms with Crippen LogP contribution < -0.4 is 16.1 Å². The van der Waals surface area contributed by atoms with Gasteiger partial charge in [0.2, 0.25) is 0 Å². The zero-order chi connectivity index (χ0) is 24.8. The molecule has 0 amide bonds. The Kier molecular flexibility index (Phi) is 5.91. The summed E-state index contributed by atoms with van der Waals surface area (Å²) in [4.78, 5) is 31.5. The molecule has 0 N–H and O–H groups in total. The van der Waals surface area contributed by atoms with Gasteiger partial charge in [-0.1, -0.05) is 17.7 Å². The van der Waals surface area contributed by atoms with Gasteiger partial charge in [0.25, 0.3) is 5.56 Å². The van der Waals surface area contributed by atoms with E-state index in [0.717, 1.165) is 46.1 Å². The van der Waals surface area contributed by atoms with Crippen LogP contribution in [0.1, 0.15) is 0 Å². The van der Waals surface area contributed by atoms with Crippen LogP contribution in [0.4, 0.5) is 27.8 Å². The highest BCUT2D eigenvalue weighted by Crippen LogP contribution is 2.39. The Morgan fingerprint density at radius 3 is 2.44 bits per heavy atom. The standard InChI is InChI=1S/C21H13ClF5N5O2/c22-15-5-11(1-2-16(15)24)17-18(30-9-12(10-30)21(25,26)27)31(4-3-28)20(34)32(19(17)33)14-6-13(23)7-29-8-14/h1-2,5-8,12H,4,9-10H2. The molecule has 0 saturated carbocycles. The lowest BCUT2D eigenvalue weighted by Gasteiger charge is -2.43. The molecule has 0 atom stereocenters. The van der Waals surface area contributed by atoms with Gasteiger partial charge in [-0.3, -0.25) is 14.3 Å². The molecule has 0 bridgehead atoms. The minimum Gasteiger partial charge on any atom is -0.356 e. The fraction of sp³-hybridized carbons (Fsp3) is 0.238. The van der Waals surface area contributed by atoms with Crippen LogP contribution in [0.25, 0.3) is 16.8 Å². The molecule has 0 spiro atoms. The highest BCUT2D eigenvalue weighted by atomic mass is 35.5. The predicted octanol–water partition coefficient (Wildman–Crippen LogP) is 3.51. The van der Waals surface area contributed by atoms with E-state index in [9.17, 15) is 36.8 Å². The topological polar surface area (TPSA) is 83.9 Å². The largest absolute Gasteiger partial charge is 0.395 e. The second kappa shape index (κ2) is 8.57. The Labute approximate surface area is 192 Å². The monoisotopic (exact) mass is 497 g/mol. The Balaban J connectivity index is 2.05. The van der Waals surface area contributed by atoms with Crippen molar-refractivity contribution in [2.24, 2.45) is 5.92 Å². The maximum absolute atomic E-state index is 13.8. The average molecular weight is 498 g/mol. The van der Waals surface area contributed by atoms with Gasteiger partial charge in [-0.15, -0.1) is 0 Å². The molecule has 2 aromatic heterocycles. The fourth-order valence-electron chi connectivity index (χ4n) is 3.70. The third kappa shape index (κ3) is 4.03. The quantitative estimate of drug-likeness (QED) is 0.515. The molecular weight excluding hydrogens is 485 g/mol. The predicted molar refractivity (Wildman–Crippen MR) is 112 cm³/mol. The first-order valence-electron chi connectivity index (χ1n) is 9.67. The molecule has 0 radical (unpaired) electrons. The first kappa shape index (κ1) is 23.4. The van der Waals surface area contributed by atoms with Crippen molar-refractivity contribution in [2.45, 2.75) is 12.7 Å². The van der Waals surface area contributed by atoms with E-state index in [-0.39, 0.29) is 27.7 Å². The fourth-order valence-corrected chi connectivity index (χ4v) is 3.88. The van der Waals surface area contributed by atoms with E-state index in [1.54, 1.807) is 6.07 Å². The van der Waals surface area contributed by atoms with Gasteiger partial charge in [0.05, 0.1) is 40.7 Å². The lowest BCUT2D eigenvalue weighted by atomic mass is 9.97. The lowest BCUT2D eigenvalue weighted by molar-refractivity contribution is -0.180. The van der Waals surface area contributed by atoms with Crippen LogP contribution in [0.2, 0.25) is 5.02 Å². The van der Waals surface area contributed by atoms with Crippen LogP contribution in [-0.4, -0.2) is 33.4 Å². The second-order valence-electron chi connectivity index (χ2n) is 7.50. The molecule has 0 unspecified atom stereocenters. The molecular formula is C21H13ClF5N5O2. The van der Waals surface area contributed by atoms with Gasteiger partial charge in [-0.25, -0.2) is 18.1 Å². The number of nitriles is 1. The molecule has 3 aromatic rings. The van der Waals surface area contributed by atoms with Gasteiger partial charge < -0.3 is 4.90 Å². The van der Waals surface area contributed by atoms with Crippen LogP contribution in [0, 0.1) is 28.9 Å². The molecule has 1 aliphatic heterocycles. The number of anilines is 1. The molecule has 0 aliphatic carbocycles. The number of alkyl halides is 3. The second-order valence-corrected chi connectivity index (χ2v) is 7.91. The first-order chi connectivity index (χ1) is 16.0. The lowest BCUT2D eigenvalue weighted by Crippen LogP contribution is -2.56. The van der Waals surface area contributed by atoms with E-state index in [4.69, 9.17) is 11.6 Å². The van der Waals surface area contributed by atoms with Crippen LogP contribution in [0.3, 0.4) is 0 Å². The summed E-state index contributed by atoms with van der Waals surface area (Å²) < 4.78 is 68.3. The molecule has 1 fully saturated rings. The highest BCUT2D eigenvalue weighted by Gasteiger charge is 2.48. The summed E-state index contributed by atoms with van der Waals surface area (Å²) in [6, 6.07) is 5.79. The van der Waals surface area contributed by atoms with Gasteiger partial charge in [0.1, 0.15) is 24.0 Å². The van der Waals surface area contributed by atoms with Gasteiger partial charge in [0.15, 0.2) is 0 Å². The van der Waals surface area contributed by atoms with Crippen molar-refractivity contribution in [2.75, 3.05) is 18.0 Å². The van der Waals surface area contributed by atoms with E-state index in [2.05, 4.69) is 4.98 Å². The summed E-state index contributed by atoms with van der Waals surface area (Å²) in [5.41, 5.74) is -2.69. The number of aromatic nitrogens is 3. The third-order valence-electron chi connectivity index (χ3n) is 5.35. The maximum atomic E-state index is 13.8. The van der Waals surface area contributed by atoms with Crippen molar-refractivity contribution in [1.82, 2.24) is 14.1 Å². The van der Waals surface area contributed by atoms with E-state index < -0.39 is 54.6 Å². The molecule has 4 rings (SSSR count). The zero-order valence-corrected chi connectivity index (χ0v) is 17.7. The van der Waals surface area contributed by atoms with Gasteiger partial charge in [-0.05, 0) is 17.7 Å². The number of halogens is 6. The van der Waals surface area contributed by atoms with E-state index in [0.29, 0.717) is 4.57 Å². The van der Waals surface area contributed by atoms with Crippen molar-refractivity contribution >= 4 is 17.4 Å². The summed E-state index contributed by atoms with van der Waals surface area (Å²) in [5, 5.41) is 8.92. The van der Waals surface area contributed by atoms with Crippen molar-refractivity contribution < 1.29 is 22.0 Å². The summed E-state index contributed by atoms with van der Waals surface area (Å²) in [6.07, 6.45) is -2.62. The smallest absolute Gasteiger partial charge is 0.356 e. The van der Waals surface area contributed by atoms with Crippen molar-refractivity contribution in [1.29, 1.82) is 5.26 Å². The van der Waals surface area contributed by atoms with Crippen LogP contribution >= 0.6 is 11.6 Å². The number of rotatable bonds is 4. The van der Waals surface area contributed by atoms with Crippen LogP contribution in [0.15, 0.2) is 46.2 Å². The van der Waals surface area contributed by atoms with Gasteiger partial charge in [0, 0.05) is 19.2 Å². The minimum absolute atomic E-state index is 0.00772. The minimum atomic E-state index is -4.50. The summed E-state index contributed by atoms with van der Waals surface area (Å²) >= 11 is 5.86. The van der Waals surface area contributed by atoms with E-state index >= 15 is 0 Å². The normalized spacial score (nSPS) is 14.1. The maximum Gasteiger partial charge on any atom is 0.395 e. The van der Waals surface area contributed by atoms with Gasteiger partial charge >= 0.3 is 11.9 Å². The molecule has 1 aromatic carbocycles. The summed E-state index contributed by atoms with van der Waals surface area (Å²) in [5.74, 6) is -3.63. The van der Waals surface area contributed by atoms with E-state index in [1.807, 2.05) is 0 Å². The van der Waals surface area contributed by atoms with Gasteiger partial charge in [-0.2, -0.15) is 18.4 Å². The van der Waals surface area contributed by atoms with Crippen molar-refractivity contribution in [3.05, 3.63) is 74.2 Å². The molecule has 1 aliphatic rings. The van der Waals surface area contributed by atoms with E-state index in [1.165, 1.54) is 0 Å². The number of hydrogen-bond acceptors (Lipinski definition) is 5. The number of pyridine rings is 1. The first-order valence-corrected chi connectivity index (χ1v) is 10.1. The Morgan fingerprint density at radius 1 is 1.15 bits per heavy atom. The number of hydrogen-bond donors (Lipinski definition) is 0. The molecule has 34 heavy (non-hydrogen) atoms.